The number of nitrogens with two attached hydrogens (primary N) is 3. The van der Waals surface area contributed by atoms with E-state index in [2.05, 4.69) is 91.2 Å². The number of nitrogens with zero attached hydrogens (tertiary/aromatic N) is 11. The van der Waals surface area contributed by atoms with Gasteiger partial charge in [-0.2, -0.15) is 0 Å². The fourth-order valence-electron chi connectivity index (χ4n) is 14.2. The van der Waals surface area contributed by atoms with Gasteiger partial charge in [0.05, 0.1) is 40.1 Å². The fraction of sp³-hybridized carbons (Fsp3) is 0.290. The molecule has 25 heteroatoms. The normalized spacial score (nSPS) is 17.7. The Labute approximate surface area is 537 Å². The number of likely N-dealkylation sites (tertiary alicyclic amines) is 1. The molecule has 13 N–H and O–H groups in total. The molecule has 0 unspecified atom stereocenters. The van der Waals surface area contributed by atoms with Crippen LogP contribution in [0.1, 0.15) is 112 Å². The quantitative estimate of drug-likeness (QED) is 0.0608. The molecule has 16 rings (SSSR count). The maximum absolute atomic E-state index is 12.1. The van der Waals surface area contributed by atoms with Crippen LogP contribution in [0.4, 0.5) is 22.2 Å². The molecule has 3 aliphatic rings. The minimum absolute atomic E-state index is 0.0349. The minimum atomic E-state index is -0.728. The number of aliphatic carboxylic acids is 2. The lowest BCUT2D eigenvalue weighted by atomic mass is 9.81. The van der Waals surface area contributed by atoms with Gasteiger partial charge in [0.25, 0.3) is 5.56 Å². The van der Waals surface area contributed by atoms with E-state index in [1.807, 2.05) is 82.5 Å². The van der Waals surface area contributed by atoms with Crippen LogP contribution in [-0.4, -0.2) is 121 Å². The first-order valence-corrected chi connectivity index (χ1v) is 31.9. The number of aromatic nitrogens is 14. The summed E-state index contributed by atoms with van der Waals surface area (Å²) in [5.41, 5.74) is 31.3. The Morgan fingerprint density at radius 2 is 1.11 bits per heavy atom. The van der Waals surface area contributed by atoms with Crippen molar-refractivity contribution in [3.8, 4) is 45.4 Å². The number of carbonyl (C=O) groups is 3. The van der Waals surface area contributed by atoms with Crippen LogP contribution in [0.3, 0.4) is 0 Å². The number of hydrogen-bond donors (Lipinski definition) is 10. The average Bonchev–Trinajstić information content (AvgIpc) is 1.63. The van der Waals surface area contributed by atoms with Crippen LogP contribution in [-0.2, 0) is 16.0 Å². The Morgan fingerprint density at radius 1 is 0.574 bits per heavy atom. The van der Waals surface area contributed by atoms with E-state index in [0.717, 1.165) is 140 Å². The molecule has 1 aliphatic heterocycles. The van der Waals surface area contributed by atoms with Crippen molar-refractivity contribution in [2.24, 2.45) is 11.8 Å². The maximum Gasteiger partial charge on any atom is 0.317 e. The molecule has 0 bridgehead atoms. The maximum atomic E-state index is 12.1. The van der Waals surface area contributed by atoms with Gasteiger partial charge in [0.1, 0.15) is 74.1 Å². The van der Waals surface area contributed by atoms with Gasteiger partial charge in [-0.3, -0.25) is 32.6 Å². The Hall–Kier alpha value is -11.4. The molecule has 25 nitrogen and oxygen atoms in total. The molecule has 478 valence electrons. The summed E-state index contributed by atoms with van der Waals surface area (Å²) in [6.07, 6.45) is 20.6. The molecule has 0 atom stereocenters. The Morgan fingerprint density at radius 3 is 1.69 bits per heavy atom. The number of urea groups is 1. The van der Waals surface area contributed by atoms with Gasteiger partial charge in [0.15, 0.2) is 0 Å². The number of piperidine rings is 1. The number of imidazole rings is 3. The SMILES string of the molecule is CCc1cnc(N)c2c(-c3cc4ccccc4[nH]3)nc(C3CCC(C(=O)O)CC3)n12.CNC(=O)N1CCC(c2nc(-c3cc4cccc(-c5ccccn5)c4[nH]3)c3c(N)nccn23)CC1.Nc1nccn2c(C3CCC(C(=O)O)CC3)nc(-c3cc4cc[nH]c(=O)c4[nH]3)c12. The monoisotopic (exact) mass is 1260 g/mol. The van der Waals surface area contributed by atoms with Crippen molar-refractivity contribution in [1.29, 1.82) is 0 Å². The zero-order valence-electron chi connectivity index (χ0n) is 51.9. The predicted molar refractivity (Wildman–Crippen MR) is 360 cm³/mol. The van der Waals surface area contributed by atoms with Crippen LogP contribution in [0.2, 0.25) is 0 Å². The first kappa shape index (κ1) is 60.2. The van der Waals surface area contributed by atoms with Crippen molar-refractivity contribution < 1.29 is 24.6 Å². The van der Waals surface area contributed by atoms with Crippen LogP contribution in [0, 0.1) is 11.8 Å². The van der Waals surface area contributed by atoms with Crippen molar-refractivity contribution >= 4 is 84.7 Å². The summed E-state index contributed by atoms with van der Waals surface area (Å²) in [5.74, 6) is 2.61. The third-order valence-corrected chi connectivity index (χ3v) is 19.1. The number of rotatable bonds is 10. The summed E-state index contributed by atoms with van der Waals surface area (Å²) in [6, 6.07) is 28.1. The number of anilines is 3. The zero-order chi connectivity index (χ0) is 64.9. The number of carbonyl (C=O) groups excluding carboxylic acids is 1. The van der Waals surface area contributed by atoms with Gasteiger partial charge < -0.3 is 57.6 Å². The summed E-state index contributed by atoms with van der Waals surface area (Å²) in [6.45, 7) is 3.48. The van der Waals surface area contributed by atoms with Gasteiger partial charge in [-0.1, -0.05) is 49.4 Å². The summed E-state index contributed by atoms with van der Waals surface area (Å²) >= 11 is 0. The number of fused-ring (bicyclic) bond motifs is 6. The van der Waals surface area contributed by atoms with Crippen molar-refractivity contribution in [1.82, 2.24) is 78.2 Å². The molecule has 2 amide bonds. The first-order valence-electron chi connectivity index (χ1n) is 31.9. The topological polar surface area (TPSA) is 369 Å². The zero-order valence-corrected chi connectivity index (χ0v) is 51.9. The fourth-order valence-corrected chi connectivity index (χ4v) is 14.2. The number of nitrogen functional groups attached to an aromatic ring is 3. The smallest absolute Gasteiger partial charge is 0.317 e. The number of aryl methyl sites for hydroxylation is 1. The van der Waals surface area contributed by atoms with E-state index < -0.39 is 11.9 Å². The lowest BCUT2D eigenvalue weighted by molar-refractivity contribution is -0.143. The van der Waals surface area contributed by atoms with E-state index >= 15 is 0 Å². The average molecular weight is 1260 g/mol. The van der Waals surface area contributed by atoms with Crippen LogP contribution in [0.15, 0.2) is 133 Å². The van der Waals surface area contributed by atoms with Crippen LogP contribution in [0.5, 0.6) is 0 Å². The van der Waals surface area contributed by atoms with Crippen molar-refractivity contribution in [3.05, 3.63) is 162 Å². The van der Waals surface area contributed by atoms with Gasteiger partial charge in [0.2, 0.25) is 0 Å². The summed E-state index contributed by atoms with van der Waals surface area (Å²) in [5, 5.41) is 24.3. The van der Waals surface area contributed by atoms with E-state index in [0.29, 0.717) is 78.6 Å². The summed E-state index contributed by atoms with van der Waals surface area (Å²) in [4.78, 5) is 94.1. The molecule has 13 aromatic rings. The third kappa shape index (κ3) is 11.1. The lowest BCUT2D eigenvalue weighted by Crippen LogP contribution is -2.42. The molecule has 12 heterocycles. The van der Waals surface area contributed by atoms with Gasteiger partial charge >= 0.3 is 18.0 Å². The highest BCUT2D eigenvalue weighted by Gasteiger charge is 2.34. The molecule has 1 saturated heterocycles. The standard InChI is InChI=1S/C26H26N8O.C23H25N5O2.C20H20N6O3/c1-28-26(35)33-12-8-16(9-13-33)25-32-22(23-24(27)30-11-14-34(23)25)20-15-17-5-4-6-18(21(17)31-20)19-7-2-3-10-29-19;1-2-16-12-25-21(24)20-19(18-11-15-5-3-4-6-17(15)26-18)27-22(28(16)20)13-7-9-14(10-8-13)23(29)30;21-17-16-15(13-9-12-5-6-23-19(27)14(12)24-13)25-18(26(16)8-7-22-17)10-1-3-11(4-2-10)20(28)29/h2-7,10-11,14-16,31H,8-9,12-13H2,1H3,(H2,27,30)(H,28,35);3-6,11-14,26H,2,7-10H2,1H3,(H2,24,25)(H,29,30);5-11,24H,1-4H2,(H2,21,22)(H,23,27)(H,28,29). The third-order valence-electron chi connectivity index (χ3n) is 19.1. The second-order valence-electron chi connectivity index (χ2n) is 24.5. The second-order valence-corrected chi connectivity index (χ2v) is 24.5. The van der Waals surface area contributed by atoms with E-state index in [1.165, 1.54) is 0 Å². The highest BCUT2D eigenvalue weighted by atomic mass is 16.4. The highest BCUT2D eigenvalue weighted by molar-refractivity contribution is 5.99. The molecule has 0 radical (unpaired) electrons. The predicted octanol–water partition coefficient (Wildman–Crippen LogP) is 10.9. The first-order chi connectivity index (χ1) is 45.7. The second kappa shape index (κ2) is 25.0. The number of H-pyrrole nitrogens is 4. The van der Waals surface area contributed by atoms with E-state index in [9.17, 15) is 29.4 Å². The van der Waals surface area contributed by atoms with Crippen LogP contribution in [0.25, 0.3) is 94.7 Å². The molecule has 11 aromatic heterocycles. The number of para-hydroxylation sites is 2. The molecule has 94 heavy (non-hydrogen) atoms. The molecule has 3 fully saturated rings. The molecular formula is C69H71N19O6. The number of nitrogens with one attached hydrogen (secondary N) is 5. The Kier molecular flexibility index (Phi) is 16.0. The summed E-state index contributed by atoms with van der Waals surface area (Å²) in [7, 11) is 1.66. The number of amides is 2. The number of benzene rings is 2. The number of carboxylic acid groups (broad SMARTS) is 2. The minimum Gasteiger partial charge on any atom is -0.481 e. The van der Waals surface area contributed by atoms with Crippen molar-refractivity contribution in [2.45, 2.75) is 95.3 Å². The molecule has 2 aromatic carbocycles. The van der Waals surface area contributed by atoms with E-state index in [-0.39, 0.29) is 41.2 Å². The van der Waals surface area contributed by atoms with E-state index in [4.69, 9.17) is 32.2 Å². The van der Waals surface area contributed by atoms with Crippen LogP contribution >= 0.6 is 0 Å². The largest absolute Gasteiger partial charge is 0.481 e. The van der Waals surface area contributed by atoms with Gasteiger partial charge in [0, 0.05) is 114 Å². The van der Waals surface area contributed by atoms with Gasteiger partial charge in [-0.05, 0) is 113 Å². The molecular weight excluding hydrogens is 1190 g/mol. The van der Waals surface area contributed by atoms with E-state index in [1.54, 1.807) is 31.8 Å². The number of hydrogen-bond acceptors (Lipinski definition) is 14. The highest BCUT2D eigenvalue weighted by Crippen LogP contribution is 2.43. The molecule has 0 spiro atoms. The summed E-state index contributed by atoms with van der Waals surface area (Å²) < 4.78 is 6.16. The van der Waals surface area contributed by atoms with Gasteiger partial charge in [-0.15, -0.1) is 0 Å². The molecule has 2 aliphatic carbocycles. The number of aromatic amines is 4. The van der Waals surface area contributed by atoms with Crippen molar-refractivity contribution in [3.63, 3.8) is 0 Å². The Bertz CT molecular complexity index is 5040. The van der Waals surface area contributed by atoms with Crippen molar-refractivity contribution in [2.75, 3.05) is 37.3 Å². The number of carboxylic acids is 2. The number of pyridine rings is 2. The van der Waals surface area contributed by atoms with Crippen LogP contribution < -0.4 is 28.1 Å². The molecule has 2 saturated carbocycles. The Balaban J connectivity index is 0.000000122. The lowest BCUT2D eigenvalue weighted by Gasteiger charge is -2.31. The van der Waals surface area contributed by atoms with Gasteiger partial charge in [-0.25, -0.2) is 34.7 Å².